The Morgan fingerprint density at radius 1 is 1.19 bits per heavy atom. The highest BCUT2D eigenvalue weighted by Crippen LogP contribution is 2.30. The minimum atomic E-state index is -0.358. The maximum Gasteiger partial charge on any atom is 0.349 e. The Hall–Kier alpha value is -1.24. The number of rotatable bonds is 2. The fourth-order valence-electron chi connectivity index (χ4n) is 1.42. The molecule has 0 amide bonds. The van der Waals surface area contributed by atoms with Gasteiger partial charge in [0, 0.05) is 12.1 Å². The molecule has 0 spiro atoms. The number of methoxy groups -OCH3 is 2. The predicted molar refractivity (Wildman–Crippen MR) is 68.3 cm³/mol. The summed E-state index contributed by atoms with van der Waals surface area (Å²) in [4.78, 5) is 11.4. The minimum absolute atomic E-state index is 0.358. The third-order valence-corrected chi connectivity index (χ3v) is 2.95. The van der Waals surface area contributed by atoms with E-state index in [9.17, 15) is 4.79 Å². The number of ether oxygens (including phenoxy) is 2. The molecule has 2 aromatic rings. The molecule has 5 heteroatoms. The van der Waals surface area contributed by atoms with E-state index in [0.29, 0.717) is 20.7 Å². The first-order valence-corrected chi connectivity index (χ1v) is 5.59. The van der Waals surface area contributed by atoms with E-state index in [1.807, 2.05) is 22.6 Å². The molecule has 4 nitrogen and oxygen atoms in total. The standard InChI is InChI=1S/C11H9IO4/c1-14-6-3-9(15-2)7-5-8(12)11(13)16-10(7)4-6/h3-5H,1-2H3. The van der Waals surface area contributed by atoms with Crippen molar-refractivity contribution in [3.8, 4) is 11.5 Å². The van der Waals surface area contributed by atoms with Crippen LogP contribution in [0.4, 0.5) is 0 Å². The molecule has 16 heavy (non-hydrogen) atoms. The number of halogens is 1. The van der Waals surface area contributed by atoms with Crippen LogP contribution in [-0.4, -0.2) is 14.2 Å². The van der Waals surface area contributed by atoms with Crippen LogP contribution in [0.5, 0.6) is 11.5 Å². The van der Waals surface area contributed by atoms with Gasteiger partial charge < -0.3 is 13.9 Å². The molecule has 1 heterocycles. The Labute approximate surface area is 105 Å². The van der Waals surface area contributed by atoms with Gasteiger partial charge in [0.25, 0.3) is 0 Å². The van der Waals surface area contributed by atoms with Gasteiger partial charge in [0.1, 0.15) is 17.1 Å². The molecular weight excluding hydrogens is 323 g/mol. The van der Waals surface area contributed by atoms with Gasteiger partial charge in [-0.3, -0.25) is 0 Å². The lowest BCUT2D eigenvalue weighted by Crippen LogP contribution is -2.02. The van der Waals surface area contributed by atoms with Crippen LogP contribution in [0, 0.1) is 3.57 Å². The molecule has 0 saturated carbocycles. The summed E-state index contributed by atoms with van der Waals surface area (Å²) in [5.74, 6) is 1.21. The van der Waals surface area contributed by atoms with Gasteiger partial charge in [0.15, 0.2) is 0 Å². The second-order valence-electron chi connectivity index (χ2n) is 3.12. The highest BCUT2D eigenvalue weighted by Gasteiger charge is 2.09. The van der Waals surface area contributed by atoms with Crippen molar-refractivity contribution < 1.29 is 13.9 Å². The maximum absolute atomic E-state index is 11.4. The Bertz CT molecular complexity index is 588. The van der Waals surface area contributed by atoms with E-state index in [1.165, 1.54) is 0 Å². The Balaban J connectivity index is 2.84. The van der Waals surface area contributed by atoms with Gasteiger partial charge in [0.05, 0.1) is 23.2 Å². The van der Waals surface area contributed by atoms with Crippen LogP contribution in [0.15, 0.2) is 27.4 Å². The summed E-state index contributed by atoms with van der Waals surface area (Å²) in [6, 6.07) is 5.15. The molecular formula is C11H9IO4. The molecule has 84 valence electrons. The van der Waals surface area contributed by atoms with Crippen molar-refractivity contribution in [1.29, 1.82) is 0 Å². The number of benzene rings is 1. The van der Waals surface area contributed by atoms with E-state index in [1.54, 1.807) is 32.4 Å². The van der Waals surface area contributed by atoms with Gasteiger partial charge >= 0.3 is 5.63 Å². The highest BCUT2D eigenvalue weighted by atomic mass is 127. The maximum atomic E-state index is 11.4. The van der Waals surface area contributed by atoms with Crippen LogP contribution in [0.2, 0.25) is 0 Å². The number of hydrogen-bond donors (Lipinski definition) is 0. The van der Waals surface area contributed by atoms with E-state index in [0.717, 1.165) is 5.39 Å². The van der Waals surface area contributed by atoms with Gasteiger partial charge in [-0.2, -0.15) is 0 Å². The molecule has 0 radical (unpaired) electrons. The number of hydrogen-bond acceptors (Lipinski definition) is 4. The van der Waals surface area contributed by atoms with Crippen molar-refractivity contribution in [2.75, 3.05) is 14.2 Å². The van der Waals surface area contributed by atoms with Crippen LogP contribution in [0.3, 0.4) is 0 Å². The third-order valence-electron chi connectivity index (χ3n) is 2.20. The average Bonchev–Trinajstić information content (AvgIpc) is 2.29. The first kappa shape index (κ1) is 11.3. The van der Waals surface area contributed by atoms with Crippen LogP contribution in [-0.2, 0) is 0 Å². The lowest BCUT2D eigenvalue weighted by atomic mass is 10.2. The van der Waals surface area contributed by atoms with E-state index in [4.69, 9.17) is 13.9 Å². The number of fused-ring (bicyclic) bond motifs is 1. The Kier molecular flexibility index (Phi) is 3.04. The summed E-state index contributed by atoms with van der Waals surface area (Å²) in [7, 11) is 3.11. The van der Waals surface area contributed by atoms with Crippen LogP contribution < -0.4 is 15.1 Å². The molecule has 0 aliphatic rings. The summed E-state index contributed by atoms with van der Waals surface area (Å²) in [6.45, 7) is 0. The van der Waals surface area contributed by atoms with Crippen molar-refractivity contribution in [3.05, 3.63) is 32.2 Å². The normalized spacial score (nSPS) is 10.4. The molecule has 0 aliphatic heterocycles. The van der Waals surface area contributed by atoms with E-state index < -0.39 is 0 Å². The predicted octanol–water partition coefficient (Wildman–Crippen LogP) is 2.41. The SMILES string of the molecule is COc1cc(OC)c2cc(I)c(=O)oc2c1. The zero-order chi connectivity index (χ0) is 11.7. The largest absolute Gasteiger partial charge is 0.496 e. The molecule has 0 bridgehead atoms. The monoisotopic (exact) mass is 332 g/mol. The van der Waals surface area contributed by atoms with Crippen molar-refractivity contribution in [2.45, 2.75) is 0 Å². The van der Waals surface area contributed by atoms with E-state index in [2.05, 4.69) is 0 Å². The van der Waals surface area contributed by atoms with Crippen molar-refractivity contribution >= 4 is 33.6 Å². The van der Waals surface area contributed by atoms with Crippen LogP contribution in [0.1, 0.15) is 0 Å². The van der Waals surface area contributed by atoms with Gasteiger partial charge in [-0.15, -0.1) is 0 Å². The summed E-state index contributed by atoms with van der Waals surface area (Å²) < 4.78 is 16.0. The minimum Gasteiger partial charge on any atom is -0.496 e. The quantitative estimate of drug-likeness (QED) is 0.626. The second-order valence-corrected chi connectivity index (χ2v) is 4.29. The summed E-state index contributed by atoms with van der Waals surface area (Å²) in [5, 5.41) is 0.757. The average molecular weight is 332 g/mol. The zero-order valence-electron chi connectivity index (χ0n) is 8.74. The fraction of sp³-hybridized carbons (Fsp3) is 0.182. The van der Waals surface area contributed by atoms with Crippen LogP contribution in [0.25, 0.3) is 11.0 Å². The van der Waals surface area contributed by atoms with Crippen molar-refractivity contribution in [1.82, 2.24) is 0 Å². The molecule has 1 aromatic heterocycles. The second kappa shape index (κ2) is 4.32. The summed E-state index contributed by atoms with van der Waals surface area (Å²) in [6.07, 6.45) is 0. The highest BCUT2D eigenvalue weighted by molar-refractivity contribution is 14.1. The van der Waals surface area contributed by atoms with E-state index >= 15 is 0 Å². The summed E-state index contributed by atoms with van der Waals surface area (Å²) >= 11 is 1.93. The molecule has 0 fully saturated rings. The lowest BCUT2D eigenvalue weighted by Gasteiger charge is -2.07. The van der Waals surface area contributed by atoms with Crippen molar-refractivity contribution in [3.63, 3.8) is 0 Å². The Morgan fingerprint density at radius 2 is 1.94 bits per heavy atom. The van der Waals surface area contributed by atoms with Gasteiger partial charge in [-0.25, -0.2) is 4.79 Å². The van der Waals surface area contributed by atoms with Gasteiger partial charge in [0.2, 0.25) is 0 Å². The smallest absolute Gasteiger partial charge is 0.349 e. The lowest BCUT2D eigenvalue weighted by molar-refractivity contribution is 0.396. The molecule has 0 N–H and O–H groups in total. The van der Waals surface area contributed by atoms with Crippen molar-refractivity contribution in [2.24, 2.45) is 0 Å². The zero-order valence-corrected chi connectivity index (χ0v) is 10.9. The van der Waals surface area contributed by atoms with Crippen LogP contribution >= 0.6 is 22.6 Å². The fourth-order valence-corrected chi connectivity index (χ4v) is 1.85. The Morgan fingerprint density at radius 3 is 2.56 bits per heavy atom. The van der Waals surface area contributed by atoms with Gasteiger partial charge in [-0.05, 0) is 28.7 Å². The first-order valence-electron chi connectivity index (χ1n) is 4.51. The van der Waals surface area contributed by atoms with Gasteiger partial charge in [-0.1, -0.05) is 0 Å². The topological polar surface area (TPSA) is 48.7 Å². The molecule has 0 unspecified atom stereocenters. The van der Waals surface area contributed by atoms with E-state index in [-0.39, 0.29) is 5.63 Å². The molecule has 0 aliphatic carbocycles. The third kappa shape index (κ3) is 1.87. The first-order chi connectivity index (χ1) is 7.65. The summed E-state index contributed by atoms with van der Waals surface area (Å²) in [5.41, 5.74) is 0.102. The molecule has 0 atom stereocenters. The molecule has 1 aromatic carbocycles. The molecule has 0 saturated heterocycles. The molecule has 2 rings (SSSR count).